The maximum absolute atomic E-state index is 11.6. The standard InChI is InChI=1S/C10H15NO4S/c1-11(5-7-16(2,13)14)8-9(12)10-4-3-6-15-10/h3-4,6H,5,7-8H2,1-2H3. The summed E-state index contributed by atoms with van der Waals surface area (Å²) in [6.07, 6.45) is 2.61. The van der Waals surface area contributed by atoms with Crippen molar-refractivity contribution in [3.05, 3.63) is 24.2 Å². The number of rotatable bonds is 6. The Labute approximate surface area is 95.0 Å². The Balaban J connectivity index is 2.40. The average Bonchev–Trinajstić information content (AvgIpc) is 2.66. The number of sulfone groups is 1. The van der Waals surface area contributed by atoms with E-state index in [0.717, 1.165) is 0 Å². The van der Waals surface area contributed by atoms with Crippen LogP contribution in [0.1, 0.15) is 10.6 Å². The van der Waals surface area contributed by atoms with Gasteiger partial charge in [-0.1, -0.05) is 0 Å². The number of ketones is 1. The van der Waals surface area contributed by atoms with Crippen LogP contribution in [0.15, 0.2) is 22.8 Å². The molecule has 0 N–H and O–H groups in total. The van der Waals surface area contributed by atoms with Crippen LogP contribution < -0.4 is 0 Å². The van der Waals surface area contributed by atoms with E-state index in [4.69, 9.17) is 4.42 Å². The third-order valence-electron chi connectivity index (χ3n) is 2.05. The summed E-state index contributed by atoms with van der Waals surface area (Å²) in [5.41, 5.74) is 0. The summed E-state index contributed by atoms with van der Waals surface area (Å²) in [4.78, 5) is 13.2. The molecule has 0 aliphatic heterocycles. The van der Waals surface area contributed by atoms with E-state index in [2.05, 4.69) is 0 Å². The molecule has 0 atom stereocenters. The zero-order valence-electron chi connectivity index (χ0n) is 9.34. The van der Waals surface area contributed by atoms with Crippen LogP contribution in [0.2, 0.25) is 0 Å². The maximum Gasteiger partial charge on any atom is 0.211 e. The van der Waals surface area contributed by atoms with Crippen molar-refractivity contribution in [3.8, 4) is 0 Å². The number of nitrogens with zero attached hydrogens (tertiary/aromatic N) is 1. The van der Waals surface area contributed by atoms with Crippen LogP contribution in [-0.4, -0.2) is 51.2 Å². The van der Waals surface area contributed by atoms with Crippen LogP contribution in [0.3, 0.4) is 0 Å². The summed E-state index contributed by atoms with van der Waals surface area (Å²) in [5, 5.41) is 0. The smallest absolute Gasteiger partial charge is 0.211 e. The lowest BCUT2D eigenvalue weighted by molar-refractivity contribution is 0.0922. The molecular formula is C10H15NO4S. The predicted molar refractivity (Wildman–Crippen MR) is 60.2 cm³/mol. The SMILES string of the molecule is CN(CCS(C)(=O)=O)CC(=O)c1ccco1. The van der Waals surface area contributed by atoms with Crippen LogP contribution in [0.25, 0.3) is 0 Å². The van der Waals surface area contributed by atoms with Gasteiger partial charge in [-0.05, 0) is 19.2 Å². The van der Waals surface area contributed by atoms with Crippen LogP contribution in [0.5, 0.6) is 0 Å². The molecule has 1 aromatic rings. The summed E-state index contributed by atoms with van der Waals surface area (Å²) in [6.45, 7) is 0.494. The predicted octanol–water partition coefficient (Wildman–Crippen LogP) is 0.439. The summed E-state index contributed by atoms with van der Waals surface area (Å²) < 4.78 is 26.8. The largest absolute Gasteiger partial charge is 0.461 e. The topological polar surface area (TPSA) is 67.6 Å². The van der Waals surface area contributed by atoms with Crippen LogP contribution >= 0.6 is 0 Å². The highest BCUT2D eigenvalue weighted by atomic mass is 32.2. The molecule has 1 rings (SSSR count). The molecule has 0 aromatic carbocycles. The van der Waals surface area contributed by atoms with Crippen molar-refractivity contribution in [2.24, 2.45) is 0 Å². The first-order valence-electron chi connectivity index (χ1n) is 4.81. The van der Waals surface area contributed by atoms with Crippen molar-refractivity contribution in [3.63, 3.8) is 0 Å². The molecule has 0 aliphatic carbocycles. The first kappa shape index (κ1) is 12.9. The van der Waals surface area contributed by atoms with Gasteiger partial charge in [0.25, 0.3) is 0 Å². The fraction of sp³-hybridized carbons (Fsp3) is 0.500. The van der Waals surface area contributed by atoms with Crippen molar-refractivity contribution in [1.82, 2.24) is 4.90 Å². The third-order valence-corrected chi connectivity index (χ3v) is 2.98. The number of hydrogen-bond acceptors (Lipinski definition) is 5. The van der Waals surface area contributed by atoms with Crippen LogP contribution in [0.4, 0.5) is 0 Å². The second-order valence-corrected chi connectivity index (χ2v) is 6.03. The molecule has 0 saturated carbocycles. The summed E-state index contributed by atoms with van der Waals surface area (Å²) in [6, 6.07) is 3.23. The van der Waals surface area contributed by atoms with E-state index in [1.807, 2.05) is 0 Å². The van der Waals surface area contributed by atoms with Gasteiger partial charge in [0.15, 0.2) is 5.76 Å². The molecule has 0 radical (unpaired) electrons. The van der Waals surface area contributed by atoms with E-state index < -0.39 is 9.84 Å². The van der Waals surface area contributed by atoms with Gasteiger partial charge in [0.2, 0.25) is 5.78 Å². The van der Waals surface area contributed by atoms with Gasteiger partial charge in [-0.15, -0.1) is 0 Å². The third kappa shape index (κ3) is 4.59. The normalized spacial score (nSPS) is 11.9. The van der Waals surface area contributed by atoms with Crippen molar-refractivity contribution in [2.75, 3.05) is 32.1 Å². The molecule has 90 valence electrons. The lowest BCUT2D eigenvalue weighted by Gasteiger charge is -2.13. The minimum Gasteiger partial charge on any atom is -0.461 e. The molecule has 0 aliphatic rings. The minimum atomic E-state index is -2.99. The van der Waals surface area contributed by atoms with E-state index in [-0.39, 0.29) is 18.1 Å². The van der Waals surface area contributed by atoms with E-state index in [0.29, 0.717) is 12.3 Å². The molecule has 1 heterocycles. The zero-order chi connectivity index (χ0) is 12.2. The van der Waals surface area contributed by atoms with Crippen LogP contribution in [-0.2, 0) is 9.84 Å². The lowest BCUT2D eigenvalue weighted by Crippen LogP contribution is -2.30. The molecule has 6 heteroatoms. The monoisotopic (exact) mass is 245 g/mol. The molecule has 0 bridgehead atoms. The molecule has 5 nitrogen and oxygen atoms in total. The van der Waals surface area contributed by atoms with Gasteiger partial charge in [-0.2, -0.15) is 0 Å². The Morgan fingerprint density at radius 1 is 1.50 bits per heavy atom. The molecule has 0 fully saturated rings. The number of likely N-dealkylation sites (N-methyl/N-ethyl adjacent to an activating group) is 1. The Bertz CT molecular complexity index is 435. The second-order valence-electron chi connectivity index (χ2n) is 3.77. The molecule has 16 heavy (non-hydrogen) atoms. The highest BCUT2D eigenvalue weighted by Crippen LogP contribution is 2.02. The highest BCUT2D eigenvalue weighted by molar-refractivity contribution is 7.90. The van der Waals surface area contributed by atoms with Gasteiger partial charge in [0.05, 0.1) is 18.6 Å². The Kier molecular flexibility index (Phi) is 4.26. The van der Waals surface area contributed by atoms with Crippen molar-refractivity contribution >= 4 is 15.6 Å². The fourth-order valence-corrected chi connectivity index (χ4v) is 1.80. The molecule has 0 amide bonds. The number of carbonyl (C=O) groups is 1. The molecular weight excluding hydrogens is 230 g/mol. The Hall–Kier alpha value is -1.14. The number of carbonyl (C=O) groups excluding carboxylic acids is 1. The van der Waals surface area contributed by atoms with Gasteiger partial charge in [0.1, 0.15) is 9.84 Å². The summed E-state index contributed by atoms with van der Waals surface area (Å²) in [5.74, 6) is 0.196. The molecule has 0 spiro atoms. The average molecular weight is 245 g/mol. The van der Waals surface area contributed by atoms with Crippen molar-refractivity contribution in [1.29, 1.82) is 0 Å². The van der Waals surface area contributed by atoms with E-state index in [1.54, 1.807) is 24.1 Å². The van der Waals surface area contributed by atoms with E-state index in [1.165, 1.54) is 12.5 Å². The quantitative estimate of drug-likeness (QED) is 0.680. The van der Waals surface area contributed by atoms with Gasteiger partial charge in [-0.25, -0.2) is 8.42 Å². The van der Waals surface area contributed by atoms with Gasteiger partial charge < -0.3 is 4.42 Å². The number of Topliss-reactive ketones (excluding diaryl/α,β-unsaturated/α-hetero) is 1. The number of furan rings is 1. The van der Waals surface area contributed by atoms with E-state index in [9.17, 15) is 13.2 Å². The van der Waals surface area contributed by atoms with Gasteiger partial charge in [0, 0.05) is 12.8 Å². The Morgan fingerprint density at radius 3 is 2.69 bits per heavy atom. The first-order chi connectivity index (χ1) is 7.38. The molecule has 1 aromatic heterocycles. The first-order valence-corrected chi connectivity index (χ1v) is 6.87. The number of hydrogen-bond donors (Lipinski definition) is 0. The van der Waals surface area contributed by atoms with Crippen LogP contribution in [0, 0.1) is 0 Å². The second kappa shape index (κ2) is 5.27. The highest BCUT2D eigenvalue weighted by Gasteiger charge is 2.13. The van der Waals surface area contributed by atoms with Crippen molar-refractivity contribution < 1.29 is 17.6 Å². The fourth-order valence-electron chi connectivity index (χ4n) is 1.16. The maximum atomic E-state index is 11.6. The zero-order valence-corrected chi connectivity index (χ0v) is 10.2. The van der Waals surface area contributed by atoms with E-state index >= 15 is 0 Å². The van der Waals surface area contributed by atoms with Gasteiger partial charge in [-0.3, -0.25) is 9.69 Å². The molecule has 0 unspecified atom stereocenters. The van der Waals surface area contributed by atoms with Gasteiger partial charge >= 0.3 is 0 Å². The minimum absolute atomic E-state index is 0.0505. The summed E-state index contributed by atoms with van der Waals surface area (Å²) >= 11 is 0. The molecule has 0 saturated heterocycles. The lowest BCUT2D eigenvalue weighted by atomic mass is 10.3. The van der Waals surface area contributed by atoms with Crippen molar-refractivity contribution in [2.45, 2.75) is 0 Å². The summed E-state index contributed by atoms with van der Waals surface area (Å²) in [7, 11) is -1.28. The Morgan fingerprint density at radius 2 is 2.19 bits per heavy atom.